The molecule has 22 heavy (non-hydrogen) atoms. The van der Waals surface area contributed by atoms with Crippen molar-refractivity contribution in [2.24, 2.45) is 0 Å². The van der Waals surface area contributed by atoms with Gasteiger partial charge in [0.25, 0.3) is 0 Å². The van der Waals surface area contributed by atoms with Crippen LogP contribution >= 0.6 is 0 Å². The summed E-state index contributed by atoms with van der Waals surface area (Å²) in [5, 5.41) is 9.91. The first-order chi connectivity index (χ1) is 10.2. The van der Waals surface area contributed by atoms with Crippen molar-refractivity contribution in [2.45, 2.75) is 39.3 Å². The first kappa shape index (κ1) is 16.3. The van der Waals surface area contributed by atoms with E-state index in [0.717, 1.165) is 12.1 Å². The first-order valence-electron chi connectivity index (χ1n) is 6.93. The van der Waals surface area contributed by atoms with Crippen LogP contribution in [0, 0.1) is 0 Å². The van der Waals surface area contributed by atoms with Crippen LogP contribution in [-0.4, -0.2) is 16.1 Å². The topological polar surface area (TPSA) is 50.2 Å². The second kappa shape index (κ2) is 5.59. The maximum Gasteiger partial charge on any atom is 0.416 e. The lowest BCUT2D eigenvalue weighted by atomic mass is 9.90. The highest BCUT2D eigenvalue weighted by atomic mass is 19.4. The molecule has 0 saturated heterocycles. The molecule has 0 radical (unpaired) electrons. The van der Waals surface area contributed by atoms with E-state index in [1.54, 1.807) is 6.92 Å². The van der Waals surface area contributed by atoms with Crippen LogP contribution in [0.15, 0.2) is 18.2 Å². The highest BCUT2D eigenvalue weighted by molar-refractivity contribution is 5.98. The third-order valence-corrected chi connectivity index (χ3v) is 3.55. The molecule has 3 nitrogen and oxygen atoms in total. The molecule has 0 spiro atoms. The lowest BCUT2D eigenvalue weighted by Gasteiger charge is -2.17. The summed E-state index contributed by atoms with van der Waals surface area (Å²) in [6, 6.07) is 3.26. The normalized spacial score (nSPS) is 12.1. The molecule has 0 amide bonds. The highest BCUT2D eigenvalue weighted by Crippen LogP contribution is 2.35. The van der Waals surface area contributed by atoms with Crippen LogP contribution in [0.4, 0.5) is 13.2 Å². The van der Waals surface area contributed by atoms with Crippen LogP contribution in [0.2, 0.25) is 0 Å². The average molecular weight is 311 g/mol. The molecule has 6 heteroatoms. The minimum absolute atomic E-state index is 0.102. The number of hydrogen-bond donors (Lipinski definition) is 1. The summed E-state index contributed by atoms with van der Waals surface area (Å²) in [7, 11) is 0. The van der Waals surface area contributed by atoms with Gasteiger partial charge in [0.1, 0.15) is 0 Å². The molecular formula is C16H16F3NO2. The van der Waals surface area contributed by atoms with Crippen molar-refractivity contribution in [1.29, 1.82) is 0 Å². The summed E-state index contributed by atoms with van der Waals surface area (Å²) in [4.78, 5) is 15.7. The van der Waals surface area contributed by atoms with Gasteiger partial charge >= 0.3 is 12.1 Å². The molecule has 0 aliphatic heterocycles. The van der Waals surface area contributed by atoms with E-state index < -0.39 is 17.7 Å². The lowest BCUT2D eigenvalue weighted by molar-refractivity contribution is -0.137. The Labute approximate surface area is 125 Å². The number of nitrogens with zero attached hydrogens (tertiary/aromatic N) is 1. The minimum Gasteiger partial charge on any atom is -0.478 e. The second-order valence-corrected chi connectivity index (χ2v) is 5.39. The van der Waals surface area contributed by atoms with Gasteiger partial charge < -0.3 is 5.11 Å². The molecule has 0 bridgehead atoms. The molecule has 0 atom stereocenters. The third kappa shape index (κ3) is 2.77. The summed E-state index contributed by atoms with van der Waals surface area (Å²) in [6.07, 6.45) is -4.11. The fraction of sp³-hybridized carbons (Fsp3) is 0.375. The van der Waals surface area contributed by atoms with E-state index >= 15 is 0 Å². The second-order valence-electron chi connectivity index (χ2n) is 5.39. The van der Waals surface area contributed by atoms with Gasteiger partial charge in [0.15, 0.2) is 0 Å². The van der Waals surface area contributed by atoms with Gasteiger partial charge in [-0.15, -0.1) is 0 Å². The average Bonchev–Trinajstić information content (AvgIpc) is 2.42. The molecule has 0 saturated carbocycles. The Bertz CT molecular complexity index is 736. The Morgan fingerprint density at radius 3 is 2.41 bits per heavy atom. The Balaban J connectivity index is 2.89. The van der Waals surface area contributed by atoms with Crippen LogP contribution in [0.25, 0.3) is 10.9 Å². The van der Waals surface area contributed by atoms with Crippen molar-refractivity contribution >= 4 is 16.9 Å². The van der Waals surface area contributed by atoms with E-state index in [0.29, 0.717) is 23.1 Å². The number of hydrogen-bond acceptors (Lipinski definition) is 2. The zero-order valence-electron chi connectivity index (χ0n) is 12.5. The summed E-state index contributed by atoms with van der Waals surface area (Å²) in [5.41, 5.74) is 0.337. The van der Waals surface area contributed by atoms with E-state index in [1.165, 1.54) is 6.07 Å². The van der Waals surface area contributed by atoms with Crippen molar-refractivity contribution in [3.8, 4) is 0 Å². The number of aryl methyl sites for hydroxylation is 1. The minimum atomic E-state index is -4.45. The van der Waals surface area contributed by atoms with Crippen molar-refractivity contribution in [1.82, 2.24) is 4.98 Å². The molecular weight excluding hydrogens is 295 g/mol. The van der Waals surface area contributed by atoms with Gasteiger partial charge in [0, 0.05) is 5.39 Å². The highest BCUT2D eigenvalue weighted by Gasteiger charge is 2.31. The number of rotatable bonds is 3. The molecule has 1 aromatic heterocycles. The molecule has 1 N–H and O–H groups in total. The number of fused-ring (bicyclic) bond motifs is 1. The van der Waals surface area contributed by atoms with E-state index in [4.69, 9.17) is 0 Å². The summed E-state index contributed by atoms with van der Waals surface area (Å²) >= 11 is 0. The van der Waals surface area contributed by atoms with Crippen molar-refractivity contribution in [3.63, 3.8) is 0 Å². The number of carbonyl (C=O) groups is 1. The predicted molar refractivity (Wildman–Crippen MR) is 77.2 cm³/mol. The van der Waals surface area contributed by atoms with Crippen LogP contribution in [0.1, 0.15) is 53.9 Å². The number of aromatic carboxylic acids is 1. The summed E-state index contributed by atoms with van der Waals surface area (Å²) in [6.45, 7) is 5.37. The van der Waals surface area contributed by atoms with E-state index in [1.807, 2.05) is 13.8 Å². The SMILES string of the molecule is CCc1nc2cc(C(F)(F)F)ccc2c(C(C)C)c1C(=O)O. The van der Waals surface area contributed by atoms with Gasteiger partial charge in [-0.1, -0.05) is 26.8 Å². The third-order valence-electron chi connectivity index (χ3n) is 3.55. The zero-order chi connectivity index (χ0) is 16.7. The standard InChI is InChI=1S/C16H16F3NO2/c1-4-11-14(15(21)22)13(8(2)3)10-6-5-9(16(17,18)19)7-12(10)20-11/h5-8H,4H2,1-3H3,(H,21,22). The Morgan fingerprint density at radius 2 is 1.95 bits per heavy atom. The number of carboxylic acids is 1. The molecule has 2 rings (SSSR count). The van der Waals surface area contributed by atoms with Crippen LogP contribution in [0.5, 0.6) is 0 Å². The molecule has 118 valence electrons. The zero-order valence-corrected chi connectivity index (χ0v) is 12.5. The van der Waals surface area contributed by atoms with Gasteiger partial charge in [-0.3, -0.25) is 4.98 Å². The maximum absolute atomic E-state index is 12.8. The first-order valence-corrected chi connectivity index (χ1v) is 6.93. The molecule has 0 fully saturated rings. The van der Waals surface area contributed by atoms with Crippen LogP contribution in [-0.2, 0) is 12.6 Å². The monoisotopic (exact) mass is 311 g/mol. The smallest absolute Gasteiger partial charge is 0.416 e. The van der Waals surface area contributed by atoms with Crippen molar-refractivity contribution in [2.75, 3.05) is 0 Å². The molecule has 0 aliphatic carbocycles. The molecule has 0 aliphatic rings. The van der Waals surface area contributed by atoms with E-state index in [-0.39, 0.29) is 17.0 Å². The molecule has 2 aromatic rings. The molecule has 0 unspecified atom stereocenters. The largest absolute Gasteiger partial charge is 0.478 e. The van der Waals surface area contributed by atoms with Crippen LogP contribution in [0.3, 0.4) is 0 Å². The number of pyridine rings is 1. The summed E-state index contributed by atoms with van der Waals surface area (Å²) in [5.74, 6) is -1.24. The molecule has 1 aromatic carbocycles. The van der Waals surface area contributed by atoms with Gasteiger partial charge in [0.2, 0.25) is 0 Å². The fourth-order valence-corrected chi connectivity index (χ4v) is 2.61. The van der Waals surface area contributed by atoms with Gasteiger partial charge in [-0.2, -0.15) is 13.2 Å². The Hall–Kier alpha value is -2.11. The van der Waals surface area contributed by atoms with E-state index in [9.17, 15) is 23.1 Å². The number of aromatic nitrogens is 1. The number of halogens is 3. The fourth-order valence-electron chi connectivity index (χ4n) is 2.61. The summed E-state index contributed by atoms with van der Waals surface area (Å²) < 4.78 is 38.5. The number of benzene rings is 1. The van der Waals surface area contributed by atoms with Gasteiger partial charge in [-0.05, 0) is 30.0 Å². The lowest BCUT2D eigenvalue weighted by Crippen LogP contribution is -2.12. The van der Waals surface area contributed by atoms with E-state index in [2.05, 4.69) is 4.98 Å². The Morgan fingerprint density at radius 1 is 1.32 bits per heavy atom. The van der Waals surface area contributed by atoms with Gasteiger partial charge in [0.05, 0.1) is 22.3 Å². The molecule has 1 heterocycles. The van der Waals surface area contributed by atoms with Crippen molar-refractivity contribution in [3.05, 3.63) is 40.6 Å². The maximum atomic E-state index is 12.8. The van der Waals surface area contributed by atoms with Gasteiger partial charge in [-0.25, -0.2) is 4.79 Å². The quantitative estimate of drug-likeness (QED) is 0.898. The number of carboxylic acid groups (broad SMARTS) is 1. The number of alkyl halides is 3. The predicted octanol–water partition coefficient (Wildman–Crippen LogP) is 4.64. The van der Waals surface area contributed by atoms with Crippen molar-refractivity contribution < 1.29 is 23.1 Å². The Kier molecular flexibility index (Phi) is 4.13. The van der Waals surface area contributed by atoms with Crippen LogP contribution < -0.4 is 0 Å².